The van der Waals surface area contributed by atoms with Crippen molar-refractivity contribution in [3.8, 4) is 11.5 Å². The van der Waals surface area contributed by atoms with Gasteiger partial charge in [0.15, 0.2) is 0 Å². The third-order valence-corrected chi connectivity index (χ3v) is 3.53. The third kappa shape index (κ3) is 2.54. The van der Waals surface area contributed by atoms with Gasteiger partial charge < -0.3 is 9.47 Å². The Morgan fingerprint density at radius 1 is 1.21 bits per heavy atom. The molecule has 0 spiro atoms. The highest BCUT2D eigenvalue weighted by atomic mass is 16.5. The number of hydrogen-bond donors (Lipinski definition) is 1. The Hall–Kier alpha value is -2.04. The Labute approximate surface area is 111 Å². The highest BCUT2D eigenvalue weighted by molar-refractivity contribution is 5.99. The molecule has 0 radical (unpaired) electrons. The Morgan fingerprint density at radius 3 is 2.58 bits per heavy atom. The van der Waals surface area contributed by atoms with E-state index < -0.39 is 0 Å². The topological polar surface area (TPSA) is 64.6 Å². The Balaban J connectivity index is 2.39. The van der Waals surface area contributed by atoms with Crippen molar-refractivity contribution in [2.75, 3.05) is 14.2 Å². The molecular formula is C14H17NO4. The molecule has 1 aromatic carbocycles. The second-order valence-corrected chi connectivity index (χ2v) is 4.62. The van der Waals surface area contributed by atoms with E-state index in [1.807, 2.05) is 19.1 Å². The van der Waals surface area contributed by atoms with Crippen LogP contribution in [0.1, 0.15) is 24.8 Å². The number of ether oxygens (including phenoxy) is 2. The van der Waals surface area contributed by atoms with Crippen LogP contribution in [0.2, 0.25) is 0 Å². The first-order valence-electron chi connectivity index (χ1n) is 6.12. The minimum atomic E-state index is -0.264. The maximum atomic E-state index is 11.7. The van der Waals surface area contributed by atoms with E-state index in [2.05, 4.69) is 5.32 Å². The van der Waals surface area contributed by atoms with Crippen LogP contribution in [-0.2, 0) is 9.59 Å². The molecule has 1 fully saturated rings. The van der Waals surface area contributed by atoms with Crippen LogP contribution in [0.25, 0.3) is 0 Å². The molecular weight excluding hydrogens is 246 g/mol. The standard InChI is InChI=1S/C14H17NO4/c1-8-11(7-13(16)15-14(8)17)10-5-4-9(18-2)6-12(10)19-3/h4-6,8,11H,7H2,1-3H3,(H,15,16,17). The molecule has 2 atom stereocenters. The summed E-state index contributed by atoms with van der Waals surface area (Å²) in [6.07, 6.45) is 0.287. The van der Waals surface area contributed by atoms with Gasteiger partial charge in [0.25, 0.3) is 0 Å². The normalized spacial score (nSPS) is 22.9. The molecule has 1 aliphatic heterocycles. The van der Waals surface area contributed by atoms with Crippen molar-refractivity contribution in [2.24, 2.45) is 5.92 Å². The SMILES string of the molecule is COc1ccc(C2CC(=O)NC(=O)C2C)c(OC)c1. The summed E-state index contributed by atoms with van der Waals surface area (Å²) >= 11 is 0. The van der Waals surface area contributed by atoms with Gasteiger partial charge >= 0.3 is 0 Å². The van der Waals surface area contributed by atoms with E-state index in [4.69, 9.17) is 9.47 Å². The second-order valence-electron chi connectivity index (χ2n) is 4.62. The summed E-state index contributed by atoms with van der Waals surface area (Å²) in [4.78, 5) is 23.2. The molecule has 1 N–H and O–H groups in total. The zero-order valence-corrected chi connectivity index (χ0v) is 11.2. The van der Waals surface area contributed by atoms with Gasteiger partial charge in [-0.1, -0.05) is 13.0 Å². The largest absolute Gasteiger partial charge is 0.497 e. The van der Waals surface area contributed by atoms with Gasteiger partial charge in [-0.05, 0) is 11.6 Å². The lowest BCUT2D eigenvalue weighted by Gasteiger charge is -2.28. The van der Waals surface area contributed by atoms with Crippen LogP contribution >= 0.6 is 0 Å². The highest BCUT2D eigenvalue weighted by Gasteiger charge is 2.35. The van der Waals surface area contributed by atoms with Crippen molar-refractivity contribution in [1.82, 2.24) is 5.32 Å². The summed E-state index contributed by atoms with van der Waals surface area (Å²) < 4.78 is 10.5. The minimum Gasteiger partial charge on any atom is -0.497 e. The smallest absolute Gasteiger partial charge is 0.230 e. The number of hydrogen-bond acceptors (Lipinski definition) is 4. The molecule has 1 heterocycles. The maximum Gasteiger partial charge on any atom is 0.230 e. The molecule has 5 nitrogen and oxygen atoms in total. The third-order valence-electron chi connectivity index (χ3n) is 3.53. The lowest BCUT2D eigenvalue weighted by Crippen LogP contribution is -2.43. The lowest BCUT2D eigenvalue weighted by atomic mass is 9.81. The number of benzene rings is 1. The molecule has 2 rings (SSSR count). The summed E-state index contributed by atoms with van der Waals surface area (Å²) in [5, 5.41) is 2.35. The number of amides is 2. The van der Waals surface area contributed by atoms with Gasteiger partial charge in [0.1, 0.15) is 11.5 Å². The average Bonchev–Trinajstić information content (AvgIpc) is 2.42. The van der Waals surface area contributed by atoms with Crippen molar-refractivity contribution in [1.29, 1.82) is 0 Å². The number of nitrogens with one attached hydrogen (secondary N) is 1. The van der Waals surface area contributed by atoms with Crippen molar-refractivity contribution in [3.05, 3.63) is 23.8 Å². The lowest BCUT2D eigenvalue weighted by molar-refractivity contribution is -0.136. The van der Waals surface area contributed by atoms with Gasteiger partial charge in [-0.15, -0.1) is 0 Å². The fraction of sp³-hybridized carbons (Fsp3) is 0.429. The van der Waals surface area contributed by atoms with Gasteiger partial charge in [-0.3, -0.25) is 14.9 Å². The summed E-state index contributed by atoms with van der Waals surface area (Å²) in [5.41, 5.74) is 0.860. The van der Waals surface area contributed by atoms with Crippen LogP contribution in [0.15, 0.2) is 18.2 Å². The molecule has 0 saturated carbocycles. The van der Waals surface area contributed by atoms with Gasteiger partial charge in [0, 0.05) is 24.3 Å². The predicted octanol–water partition coefficient (Wildman–Crippen LogP) is 1.47. The maximum absolute atomic E-state index is 11.7. The fourth-order valence-corrected chi connectivity index (χ4v) is 2.37. The van der Waals surface area contributed by atoms with Crippen molar-refractivity contribution < 1.29 is 19.1 Å². The van der Waals surface area contributed by atoms with Crippen LogP contribution in [0.4, 0.5) is 0 Å². The first-order valence-corrected chi connectivity index (χ1v) is 6.12. The van der Waals surface area contributed by atoms with E-state index in [0.29, 0.717) is 11.5 Å². The van der Waals surface area contributed by atoms with Gasteiger partial charge in [-0.2, -0.15) is 0 Å². The molecule has 2 unspecified atom stereocenters. The number of imide groups is 1. The molecule has 0 bridgehead atoms. The van der Waals surface area contributed by atoms with E-state index in [-0.39, 0.29) is 30.1 Å². The number of methoxy groups -OCH3 is 2. The van der Waals surface area contributed by atoms with Crippen LogP contribution in [0.5, 0.6) is 11.5 Å². The van der Waals surface area contributed by atoms with Gasteiger partial charge in [0.2, 0.25) is 11.8 Å². The summed E-state index contributed by atoms with van der Waals surface area (Å²) in [7, 11) is 3.14. The predicted molar refractivity (Wildman–Crippen MR) is 69.2 cm³/mol. The fourth-order valence-electron chi connectivity index (χ4n) is 2.37. The molecule has 2 amide bonds. The molecule has 0 aromatic heterocycles. The Bertz CT molecular complexity index is 512. The summed E-state index contributed by atoms with van der Waals surface area (Å²) in [5.74, 6) is 0.408. The molecule has 1 saturated heterocycles. The second kappa shape index (κ2) is 5.30. The monoisotopic (exact) mass is 263 g/mol. The summed E-state index contributed by atoms with van der Waals surface area (Å²) in [6.45, 7) is 1.82. The van der Waals surface area contributed by atoms with Crippen molar-refractivity contribution in [2.45, 2.75) is 19.3 Å². The number of piperidine rings is 1. The molecule has 1 aromatic rings. The van der Waals surface area contributed by atoms with E-state index in [9.17, 15) is 9.59 Å². The zero-order chi connectivity index (χ0) is 14.0. The molecule has 102 valence electrons. The van der Waals surface area contributed by atoms with Gasteiger partial charge in [0.05, 0.1) is 14.2 Å². The Kier molecular flexibility index (Phi) is 3.74. The first kappa shape index (κ1) is 13.4. The summed E-state index contributed by atoms with van der Waals surface area (Å²) in [6, 6.07) is 5.42. The average molecular weight is 263 g/mol. The zero-order valence-electron chi connectivity index (χ0n) is 11.2. The number of rotatable bonds is 3. The van der Waals surface area contributed by atoms with E-state index in [1.165, 1.54) is 0 Å². The molecule has 1 aliphatic rings. The van der Waals surface area contributed by atoms with Gasteiger partial charge in [-0.25, -0.2) is 0 Å². The Morgan fingerprint density at radius 2 is 1.95 bits per heavy atom. The molecule has 0 aliphatic carbocycles. The van der Waals surface area contributed by atoms with Crippen LogP contribution in [0.3, 0.4) is 0 Å². The van der Waals surface area contributed by atoms with E-state index in [0.717, 1.165) is 5.56 Å². The van der Waals surface area contributed by atoms with Crippen LogP contribution < -0.4 is 14.8 Å². The molecule has 19 heavy (non-hydrogen) atoms. The van der Waals surface area contributed by atoms with Crippen molar-refractivity contribution in [3.63, 3.8) is 0 Å². The van der Waals surface area contributed by atoms with Crippen LogP contribution in [-0.4, -0.2) is 26.0 Å². The quantitative estimate of drug-likeness (QED) is 0.839. The minimum absolute atomic E-state index is 0.165. The van der Waals surface area contributed by atoms with E-state index >= 15 is 0 Å². The highest BCUT2D eigenvalue weighted by Crippen LogP contribution is 2.38. The first-order chi connectivity index (χ1) is 9.06. The van der Waals surface area contributed by atoms with Crippen LogP contribution in [0, 0.1) is 5.92 Å². The van der Waals surface area contributed by atoms with E-state index in [1.54, 1.807) is 20.3 Å². The molecule has 5 heteroatoms. The van der Waals surface area contributed by atoms with Crippen molar-refractivity contribution >= 4 is 11.8 Å². The number of carbonyl (C=O) groups excluding carboxylic acids is 2. The number of carbonyl (C=O) groups is 2.